The molecular weight excluding hydrogens is 272 g/mol. The number of hydrogen-bond acceptors (Lipinski definition) is 6. The van der Waals surface area contributed by atoms with Gasteiger partial charge in [0.05, 0.1) is 4.92 Å². The molecule has 0 radical (unpaired) electrons. The van der Waals surface area contributed by atoms with E-state index in [9.17, 15) is 14.9 Å². The van der Waals surface area contributed by atoms with E-state index < -0.39 is 10.9 Å². The zero-order chi connectivity index (χ0) is 14.0. The fourth-order valence-corrected chi connectivity index (χ4v) is 2.12. The van der Waals surface area contributed by atoms with E-state index >= 15 is 0 Å². The van der Waals surface area contributed by atoms with Gasteiger partial charge in [-0.05, 0) is 36.4 Å². The second-order valence-electron chi connectivity index (χ2n) is 3.60. The third-order valence-electron chi connectivity index (χ3n) is 2.22. The van der Waals surface area contributed by atoms with Gasteiger partial charge in [0, 0.05) is 6.07 Å². The zero-order valence-corrected chi connectivity index (χ0v) is 10.5. The fraction of sp³-hybridized carbons (Fsp3) is 0.0909. The topological polar surface area (TPSA) is 106 Å². The molecule has 8 heteroatoms. The van der Waals surface area contributed by atoms with Crippen molar-refractivity contribution in [3.63, 3.8) is 0 Å². The first-order chi connectivity index (χ1) is 8.97. The SMILES string of the molecule is Cc1cc([N+](=O)[O-])cnc1Sc1ccc(C(=O)O)o1. The summed E-state index contributed by atoms with van der Waals surface area (Å²) in [7, 11) is 0. The number of aryl methyl sites for hydroxylation is 1. The van der Waals surface area contributed by atoms with Crippen molar-refractivity contribution < 1.29 is 19.2 Å². The molecule has 2 heterocycles. The Labute approximate surface area is 111 Å². The van der Waals surface area contributed by atoms with Crippen LogP contribution in [0.25, 0.3) is 0 Å². The molecule has 0 amide bonds. The second kappa shape index (κ2) is 5.11. The molecule has 0 aromatic carbocycles. The van der Waals surface area contributed by atoms with Crippen LogP contribution < -0.4 is 0 Å². The van der Waals surface area contributed by atoms with Crippen LogP contribution in [0, 0.1) is 17.0 Å². The summed E-state index contributed by atoms with van der Waals surface area (Å²) in [5.74, 6) is -1.32. The molecule has 98 valence electrons. The third kappa shape index (κ3) is 2.91. The highest BCUT2D eigenvalue weighted by molar-refractivity contribution is 7.99. The van der Waals surface area contributed by atoms with Crippen molar-refractivity contribution in [3.05, 3.63) is 45.8 Å². The van der Waals surface area contributed by atoms with Crippen LogP contribution in [0.15, 0.2) is 38.9 Å². The summed E-state index contributed by atoms with van der Waals surface area (Å²) in [6.07, 6.45) is 1.15. The lowest BCUT2D eigenvalue weighted by Gasteiger charge is -2.01. The number of pyridine rings is 1. The molecule has 0 fully saturated rings. The molecule has 7 nitrogen and oxygen atoms in total. The highest BCUT2D eigenvalue weighted by Crippen LogP contribution is 2.31. The predicted octanol–water partition coefficient (Wildman–Crippen LogP) is 2.74. The summed E-state index contributed by atoms with van der Waals surface area (Å²) in [6, 6.07) is 4.25. The lowest BCUT2D eigenvalue weighted by atomic mass is 10.3. The number of aromatic nitrogens is 1. The van der Waals surface area contributed by atoms with Gasteiger partial charge in [-0.1, -0.05) is 0 Å². The van der Waals surface area contributed by atoms with Gasteiger partial charge in [0.2, 0.25) is 5.76 Å². The van der Waals surface area contributed by atoms with Crippen molar-refractivity contribution >= 4 is 23.4 Å². The van der Waals surface area contributed by atoms with Gasteiger partial charge in [0.1, 0.15) is 11.2 Å². The van der Waals surface area contributed by atoms with Crippen LogP contribution in [-0.4, -0.2) is 21.0 Å². The first-order valence-electron chi connectivity index (χ1n) is 5.09. The Kier molecular flexibility index (Phi) is 3.52. The Balaban J connectivity index is 2.23. The van der Waals surface area contributed by atoms with Gasteiger partial charge >= 0.3 is 5.97 Å². The molecule has 1 N–H and O–H groups in total. The normalized spacial score (nSPS) is 10.4. The summed E-state index contributed by atoms with van der Waals surface area (Å²) in [5.41, 5.74) is 0.528. The van der Waals surface area contributed by atoms with E-state index in [1.165, 1.54) is 18.2 Å². The lowest BCUT2D eigenvalue weighted by molar-refractivity contribution is -0.385. The zero-order valence-electron chi connectivity index (χ0n) is 9.69. The minimum absolute atomic E-state index is 0.0903. The van der Waals surface area contributed by atoms with Crippen LogP contribution in [0.3, 0.4) is 0 Å². The van der Waals surface area contributed by atoms with Crippen LogP contribution in [-0.2, 0) is 0 Å². The van der Waals surface area contributed by atoms with Gasteiger partial charge in [-0.15, -0.1) is 0 Å². The van der Waals surface area contributed by atoms with Crippen molar-refractivity contribution in [3.8, 4) is 0 Å². The number of carbonyl (C=O) groups is 1. The lowest BCUT2D eigenvalue weighted by Crippen LogP contribution is -1.92. The number of rotatable bonds is 4. The van der Waals surface area contributed by atoms with Crippen molar-refractivity contribution in [2.45, 2.75) is 17.0 Å². The maximum Gasteiger partial charge on any atom is 0.371 e. The fourth-order valence-electron chi connectivity index (χ4n) is 1.34. The number of carboxylic acids is 1. The summed E-state index contributed by atoms with van der Waals surface area (Å²) in [6.45, 7) is 1.68. The number of nitro groups is 1. The van der Waals surface area contributed by atoms with E-state index in [0.29, 0.717) is 15.7 Å². The molecule has 0 spiro atoms. The maximum absolute atomic E-state index is 10.7. The number of furan rings is 1. The van der Waals surface area contributed by atoms with E-state index in [1.54, 1.807) is 6.92 Å². The van der Waals surface area contributed by atoms with E-state index in [1.807, 2.05) is 0 Å². The Hall–Kier alpha value is -2.35. The first kappa shape index (κ1) is 13.1. The van der Waals surface area contributed by atoms with E-state index in [-0.39, 0.29) is 11.4 Å². The molecule has 2 rings (SSSR count). The molecule has 0 saturated carbocycles. The average molecular weight is 280 g/mol. The molecule has 0 saturated heterocycles. The molecule has 0 aliphatic rings. The minimum Gasteiger partial charge on any atom is -0.475 e. The van der Waals surface area contributed by atoms with Crippen LogP contribution >= 0.6 is 11.8 Å². The molecule has 0 aliphatic heterocycles. The second-order valence-corrected chi connectivity index (χ2v) is 4.59. The molecule has 2 aromatic heterocycles. The highest BCUT2D eigenvalue weighted by Gasteiger charge is 2.14. The van der Waals surface area contributed by atoms with Gasteiger partial charge in [0.25, 0.3) is 5.69 Å². The average Bonchev–Trinajstić information content (AvgIpc) is 2.80. The van der Waals surface area contributed by atoms with Crippen molar-refractivity contribution in [1.82, 2.24) is 4.98 Å². The number of hydrogen-bond donors (Lipinski definition) is 1. The standard InChI is InChI=1S/C11H8N2O5S/c1-6-4-7(13(16)17)5-12-10(6)19-9-3-2-8(18-9)11(14)15/h2-5H,1H3,(H,14,15). The van der Waals surface area contributed by atoms with Crippen LogP contribution in [0.2, 0.25) is 0 Å². The molecule has 0 unspecified atom stereocenters. The Morgan fingerprint density at radius 3 is 2.79 bits per heavy atom. The molecular formula is C11H8N2O5S. The van der Waals surface area contributed by atoms with Crippen LogP contribution in [0.4, 0.5) is 5.69 Å². The molecule has 0 bridgehead atoms. The summed E-state index contributed by atoms with van der Waals surface area (Å²) < 4.78 is 5.07. The van der Waals surface area contributed by atoms with E-state index in [4.69, 9.17) is 9.52 Å². The summed E-state index contributed by atoms with van der Waals surface area (Å²) >= 11 is 1.11. The monoisotopic (exact) mass is 280 g/mol. The van der Waals surface area contributed by atoms with Crippen LogP contribution in [0.5, 0.6) is 0 Å². The van der Waals surface area contributed by atoms with E-state index in [0.717, 1.165) is 18.0 Å². The van der Waals surface area contributed by atoms with Gasteiger partial charge in [-0.2, -0.15) is 0 Å². The minimum atomic E-state index is -1.15. The quantitative estimate of drug-likeness (QED) is 0.677. The van der Waals surface area contributed by atoms with E-state index in [2.05, 4.69) is 4.98 Å². The Morgan fingerprint density at radius 2 is 2.26 bits per heavy atom. The van der Waals surface area contributed by atoms with Gasteiger partial charge in [-0.3, -0.25) is 10.1 Å². The largest absolute Gasteiger partial charge is 0.475 e. The van der Waals surface area contributed by atoms with Gasteiger partial charge < -0.3 is 9.52 Å². The van der Waals surface area contributed by atoms with Gasteiger partial charge in [0.15, 0.2) is 5.09 Å². The molecule has 19 heavy (non-hydrogen) atoms. The van der Waals surface area contributed by atoms with Crippen LogP contribution in [0.1, 0.15) is 16.1 Å². The Morgan fingerprint density at radius 1 is 1.53 bits per heavy atom. The molecule has 0 atom stereocenters. The number of nitrogens with zero attached hydrogens (tertiary/aromatic N) is 2. The van der Waals surface area contributed by atoms with Gasteiger partial charge in [-0.25, -0.2) is 9.78 Å². The van der Waals surface area contributed by atoms with Crippen molar-refractivity contribution in [1.29, 1.82) is 0 Å². The van der Waals surface area contributed by atoms with Crippen molar-refractivity contribution in [2.24, 2.45) is 0 Å². The Bertz CT molecular complexity index is 652. The smallest absolute Gasteiger partial charge is 0.371 e. The van der Waals surface area contributed by atoms with Crippen molar-refractivity contribution in [2.75, 3.05) is 0 Å². The first-order valence-corrected chi connectivity index (χ1v) is 5.91. The maximum atomic E-state index is 10.7. The molecule has 0 aliphatic carbocycles. The summed E-state index contributed by atoms with van der Waals surface area (Å²) in [5, 5.41) is 20.2. The highest BCUT2D eigenvalue weighted by atomic mass is 32.2. The summed E-state index contributed by atoms with van der Waals surface area (Å²) in [4.78, 5) is 24.7. The third-order valence-corrected chi connectivity index (χ3v) is 3.26. The predicted molar refractivity (Wildman–Crippen MR) is 65.4 cm³/mol. The molecule has 2 aromatic rings. The number of carboxylic acid groups (broad SMARTS) is 1. The number of aromatic carboxylic acids is 1.